The molecule has 1 aromatic heterocycles. The maximum Gasteiger partial charge on any atom is 0.296 e. The number of benzene rings is 2. The van der Waals surface area contributed by atoms with Gasteiger partial charge in [-0.25, -0.2) is 4.98 Å². The van der Waals surface area contributed by atoms with E-state index >= 15 is 0 Å². The highest BCUT2D eigenvalue weighted by molar-refractivity contribution is 6.44. The molecule has 1 heterocycles. The molecule has 0 unspecified atom stereocenters. The molecule has 2 aromatic carbocycles. The van der Waals surface area contributed by atoms with Gasteiger partial charge in [0.2, 0.25) is 0 Å². The number of rotatable bonds is 3. The van der Waals surface area contributed by atoms with Crippen LogP contribution in [-0.2, 0) is 0 Å². The van der Waals surface area contributed by atoms with Crippen LogP contribution in [0.4, 0.5) is 5.69 Å². The lowest BCUT2D eigenvalue weighted by Crippen LogP contribution is -1.97. The minimum Gasteiger partial charge on any atom is -0.258 e. The fourth-order valence-electron chi connectivity index (χ4n) is 2.36. The number of hydrogen-bond acceptors (Lipinski definition) is 3. The van der Waals surface area contributed by atoms with Crippen molar-refractivity contribution in [3.8, 4) is 22.4 Å². The SMILES string of the molecule is O=[N+]([O-])c1cc(-c2cccc(Cl)c2Cl)cnc1-c1cccc(Cl)c1Cl. The average molecular weight is 414 g/mol. The van der Waals surface area contributed by atoms with Gasteiger partial charge in [-0.05, 0) is 12.1 Å². The normalized spacial score (nSPS) is 10.7. The summed E-state index contributed by atoms with van der Waals surface area (Å²) in [4.78, 5) is 15.3. The van der Waals surface area contributed by atoms with E-state index in [9.17, 15) is 10.1 Å². The van der Waals surface area contributed by atoms with E-state index in [-0.39, 0.29) is 21.4 Å². The Morgan fingerprint density at radius 3 is 2.04 bits per heavy atom. The Labute approximate surface area is 163 Å². The van der Waals surface area contributed by atoms with Crippen LogP contribution in [0.3, 0.4) is 0 Å². The molecule has 126 valence electrons. The average Bonchev–Trinajstić information content (AvgIpc) is 2.59. The second-order valence-corrected chi connectivity index (χ2v) is 6.62. The fourth-order valence-corrected chi connectivity index (χ4v) is 3.16. The molecule has 0 radical (unpaired) electrons. The van der Waals surface area contributed by atoms with Gasteiger partial charge < -0.3 is 0 Å². The third-order valence-electron chi connectivity index (χ3n) is 3.53. The second kappa shape index (κ2) is 7.18. The summed E-state index contributed by atoms with van der Waals surface area (Å²) < 4.78 is 0. The fraction of sp³-hybridized carbons (Fsp3) is 0. The van der Waals surface area contributed by atoms with Gasteiger partial charge in [-0.3, -0.25) is 10.1 Å². The van der Waals surface area contributed by atoms with E-state index in [0.29, 0.717) is 26.7 Å². The summed E-state index contributed by atoms with van der Waals surface area (Å²) in [6.07, 6.45) is 1.48. The van der Waals surface area contributed by atoms with E-state index in [1.807, 2.05) is 0 Å². The number of nitro groups is 1. The molecule has 0 N–H and O–H groups in total. The van der Waals surface area contributed by atoms with Crippen LogP contribution < -0.4 is 0 Å². The third kappa shape index (κ3) is 3.44. The van der Waals surface area contributed by atoms with Gasteiger partial charge in [0.1, 0.15) is 5.69 Å². The summed E-state index contributed by atoms with van der Waals surface area (Å²) in [5.41, 5.74) is 1.32. The van der Waals surface area contributed by atoms with E-state index in [1.54, 1.807) is 36.4 Å². The Hall–Kier alpha value is -1.85. The minimum atomic E-state index is -0.526. The van der Waals surface area contributed by atoms with Crippen molar-refractivity contribution in [1.82, 2.24) is 4.98 Å². The molecule has 3 aromatic rings. The first kappa shape index (κ1) is 18.0. The van der Waals surface area contributed by atoms with Crippen LogP contribution in [0.15, 0.2) is 48.7 Å². The second-order valence-electron chi connectivity index (χ2n) is 5.05. The Morgan fingerprint density at radius 1 is 0.880 bits per heavy atom. The maximum atomic E-state index is 11.6. The number of halogens is 4. The molecule has 8 heteroatoms. The molecule has 0 atom stereocenters. The lowest BCUT2D eigenvalue weighted by Gasteiger charge is -2.09. The summed E-state index contributed by atoms with van der Waals surface area (Å²) in [6.45, 7) is 0. The predicted molar refractivity (Wildman–Crippen MR) is 102 cm³/mol. The highest BCUT2D eigenvalue weighted by Gasteiger charge is 2.22. The molecule has 0 saturated carbocycles. The first-order valence-corrected chi connectivity index (χ1v) is 8.44. The molecule has 0 saturated heterocycles. The summed E-state index contributed by atoms with van der Waals surface area (Å²) in [5.74, 6) is 0. The molecule has 0 amide bonds. The van der Waals surface area contributed by atoms with Gasteiger partial charge in [-0.1, -0.05) is 70.7 Å². The molecule has 0 fully saturated rings. The Balaban J connectivity index is 2.22. The van der Waals surface area contributed by atoms with Crippen molar-refractivity contribution in [2.75, 3.05) is 0 Å². The Bertz CT molecular complexity index is 992. The zero-order valence-electron chi connectivity index (χ0n) is 12.3. The molecule has 0 aliphatic heterocycles. The summed E-state index contributed by atoms with van der Waals surface area (Å²) in [6, 6.07) is 11.3. The summed E-state index contributed by atoms with van der Waals surface area (Å²) >= 11 is 24.4. The van der Waals surface area contributed by atoms with Crippen LogP contribution in [0.1, 0.15) is 0 Å². The van der Waals surface area contributed by atoms with Gasteiger partial charge in [0.05, 0.1) is 25.0 Å². The molecule has 0 spiro atoms. The van der Waals surface area contributed by atoms with E-state index in [4.69, 9.17) is 46.4 Å². The van der Waals surface area contributed by atoms with Gasteiger partial charge in [-0.15, -0.1) is 0 Å². The monoisotopic (exact) mass is 412 g/mol. The highest BCUT2D eigenvalue weighted by Crippen LogP contribution is 2.40. The van der Waals surface area contributed by atoms with Gasteiger partial charge >= 0.3 is 0 Å². The molecule has 0 aliphatic rings. The van der Waals surface area contributed by atoms with Crippen molar-refractivity contribution in [2.45, 2.75) is 0 Å². The zero-order chi connectivity index (χ0) is 18.1. The van der Waals surface area contributed by atoms with Crippen molar-refractivity contribution >= 4 is 52.1 Å². The largest absolute Gasteiger partial charge is 0.296 e. The van der Waals surface area contributed by atoms with Crippen molar-refractivity contribution in [3.05, 3.63) is 78.9 Å². The molecular formula is C17H8Cl4N2O2. The van der Waals surface area contributed by atoms with Crippen LogP contribution in [-0.4, -0.2) is 9.91 Å². The van der Waals surface area contributed by atoms with E-state index in [1.165, 1.54) is 12.3 Å². The van der Waals surface area contributed by atoms with Crippen molar-refractivity contribution in [3.63, 3.8) is 0 Å². The van der Waals surface area contributed by atoms with E-state index in [2.05, 4.69) is 4.98 Å². The lowest BCUT2D eigenvalue weighted by atomic mass is 10.0. The van der Waals surface area contributed by atoms with E-state index in [0.717, 1.165) is 0 Å². The van der Waals surface area contributed by atoms with Crippen LogP contribution in [0, 0.1) is 10.1 Å². The van der Waals surface area contributed by atoms with Gasteiger partial charge in [0.15, 0.2) is 0 Å². The number of hydrogen-bond donors (Lipinski definition) is 0. The van der Waals surface area contributed by atoms with Crippen molar-refractivity contribution < 1.29 is 4.92 Å². The molecule has 0 bridgehead atoms. The smallest absolute Gasteiger partial charge is 0.258 e. The zero-order valence-corrected chi connectivity index (χ0v) is 15.4. The van der Waals surface area contributed by atoms with Crippen LogP contribution >= 0.6 is 46.4 Å². The minimum absolute atomic E-state index is 0.124. The molecule has 4 nitrogen and oxygen atoms in total. The quantitative estimate of drug-likeness (QED) is 0.345. The summed E-state index contributed by atoms with van der Waals surface area (Å²) in [5, 5.41) is 12.7. The summed E-state index contributed by atoms with van der Waals surface area (Å²) in [7, 11) is 0. The molecule has 0 aliphatic carbocycles. The Morgan fingerprint density at radius 2 is 1.44 bits per heavy atom. The van der Waals surface area contributed by atoms with Gasteiger partial charge in [0, 0.05) is 29.0 Å². The highest BCUT2D eigenvalue weighted by atomic mass is 35.5. The van der Waals surface area contributed by atoms with Crippen LogP contribution in [0.5, 0.6) is 0 Å². The van der Waals surface area contributed by atoms with Crippen LogP contribution in [0.25, 0.3) is 22.4 Å². The predicted octanol–water partition coefficient (Wildman–Crippen LogP) is 6.94. The molecule has 3 rings (SSSR count). The molecule has 25 heavy (non-hydrogen) atoms. The van der Waals surface area contributed by atoms with E-state index < -0.39 is 4.92 Å². The number of nitrogens with zero attached hydrogens (tertiary/aromatic N) is 2. The topological polar surface area (TPSA) is 56.0 Å². The third-order valence-corrected chi connectivity index (χ3v) is 5.17. The Kier molecular flexibility index (Phi) is 5.16. The maximum absolute atomic E-state index is 11.6. The number of aromatic nitrogens is 1. The first-order chi connectivity index (χ1) is 11.9. The van der Waals surface area contributed by atoms with Crippen molar-refractivity contribution in [1.29, 1.82) is 0 Å². The lowest BCUT2D eigenvalue weighted by molar-refractivity contribution is -0.384. The molecular weight excluding hydrogens is 406 g/mol. The first-order valence-electron chi connectivity index (χ1n) is 6.93. The van der Waals surface area contributed by atoms with Gasteiger partial charge in [0.25, 0.3) is 5.69 Å². The number of pyridine rings is 1. The van der Waals surface area contributed by atoms with Crippen molar-refractivity contribution in [2.24, 2.45) is 0 Å². The van der Waals surface area contributed by atoms with Crippen LogP contribution in [0.2, 0.25) is 20.1 Å². The van der Waals surface area contributed by atoms with Gasteiger partial charge in [-0.2, -0.15) is 0 Å². The standard InChI is InChI=1S/C17H8Cl4N2O2/c18-12-5-1-3-10(15(12)20)9-7-14(23(24)25)17(22-8-9)11-4-2-6-13(19)16(11)21/h1-8H.